The molecule has 0 aromatic rings. The van der Waals surface area contributed by atoms with Crippen LogP contribution in [0.1, 0.15) is 91.4 Å². The fourth-order valence-electron chi connectivity index (χ4n) is 4.22. The fourth-order valence-corrected chi connectivity index (χ4v) is 4.22. The molecule has 0 aliphatic heterocycles. The van der Waals surface area contributed by atoms with Crippen molar-refractivity contribution >= 4 is 0 Å². The summed E-state index contributed by atoms with van der Waals surface area (Å²) >= 11 is 0. The van der Waals surface area contributed by atoms with Gasteiger partial charge in [-0.3, -0.25) is 0 Å². The Morgan fingerprint density at radius 1 is 1.17 bits per heavy atom. The average molecular weight is 250 g/mol. The van der Waals surface area contributed by atoms with Crippen molar-refractivity contribution in [2.45, 2.75) is 91.4 Å². The monoisotopic (exact) mass is 250 g/mol. The molecule has 2 atom stereocenters. The summed E-state index contributed by atoms with van der Waals surface area (Å²) in [7, 11) is 0. The van der Waals surface area contributed by atoms with Crippen molar-refractivity contribution in [3.05, 3.63) is 0 Å². The predicted octanol–water partition coefficient (Wildman–Crippen LogP) is 6.20. The maximum atomic E-state index is 2.53. The van der Waals surface area contributed by atoms with Crippen LogP contribution in [-0.4, -0.2) is 0 Å². The van der Waals surface area contributed by atoms with Crippen molar-refractivity contribution in [1.29, 1.82) is 0 Å². The Balaban J connectivity index is 1.79. The van der Waals surface area contributed by atoms with Gasteiger partial charge in [-0.1, -0.05) is 59.3 Å². The molecule has 0 heteroatoms. The molecule has 2 saturated carbocycles. The van der Waals surface area contributed by atoms with E-state index in [1.165, 1.54) is 70.6 Å². The topological polar surface area (TPSA) is 0 Å². The predicted molar refractivity (Wildman–Crippen MR) is 80.7 cm³/mol. The third-order valence-electron chi connectivity index (χ3n) is 6.02. The summed E-state index contributed by atoms with van der Waals surface area (Å²) in [5.41, 5.74) is 0.795. The van der Waals surface area contributed by atoms with E-state index in [2.05, 4.69) is 20.8 Å². The molecule has 106 valence electrons. The molecule has 0 heterocycles. The lowest BCUT2D eigenvalue weighted by atomic mass is 9.73. The van der Waals surface area contributed by atoms with Gasteiger partial charge in [0.15, 0.2) is 0 Å². The minimum atomic E-state index is 0.795. The number of rotatable bonds is 9. The van der Waals surface area contributed by atoms with Gasteiger partial charge in [0.05, 0.1) is 0 Å². The summed E-state index contributed by atoms with van der Waals surface area (Å²) in [6.07, 6.45) is 16.5. The molecular formula is C18H34. The normalized spacial score (nSPS) is 25.5. The highest BCUT2D eigenvalue weighted by Crippen LogP contribution is 2.58. The van der Waals surface area contributed by atoms with Crippen LogP contribution in [0, 0.1) is 23.2 Å². The zero-order chi connectivity index (χ0) is 13.0. The van der Waals surface area contributed by atoms with E-state index < -0.39 is 0 Å². The second-order valence-electron chi connectivity index (χ2n) is 7.43. The number of unbranched alkanes of at least 4 members (excludes halogenated alkanes) is 1. The molecule has 0 aromatic carbocycles. The molecule has 2 aliphatic rings. The van der Waals surface area contributed by atoms with E-state index in [4.69, 9.17) is 0 Å². The first-order valence-electron chi connectivity index (χ1n) is 8.70. The van der Waals surface area contributed by atoms with E-state index in [0.717, 1.165) is 23.2 Å². The zero-order valence-electron chi connectivity index (χ0n) is 13.0. The third-order valence-corrected chi connectivity index (χ3v) is 6.02. The average Bonchev–Trinajstić information content (AvgIpc) is 3.10. The number of hydrogen-bond donors (Lipinski definition) is 0. The largest absolute Gasteiger partial charge is 0.0654 e. The van der Waals surface area contributed by atoms with Crippen LogP contribution < -0.4 is 0 Å². The van der Waals surface area contributed by atoms with E-state index in [9.17, 15) is 0 Å². The molecule has 2 rings (SSSR count). The highest BCUT2D eigenvalue weighted by molar-refractivity contribution is 4.97. The molecule has 0 aromatic heterocycles. The van der Waals surface area contributed by atoms with Crippen molar-refractivity contribution in [3.63, 3.8) is 0 Å². The van der Waals surface area contributed by atoms with E-state index in [1.807, 2.05) is 0 Å². The molecule has 0 bridgehead atoms. The van der Waals surface area contributed by atoms with Crippen molar-refractivity contribution in [2.24, 2.45) is 23.2 Å². The summed E-state index contributed by atoms with van der Waals surface area (Å²) in [6.45, 7) is 7.31. The standard InChI is InChI=1S/C18H34/c1-4-6-10-17(18(5-2)11-12-18)14-15(3)13-16-8-7-9-16/h15-17H,4-14H2,1-3H3. The Hall–Kier alpha value is 0. The summed E-state index contributed by atoms with van der Waals surface area (Å²) in [5, 5.41) is 0. The van der Waals surface area contributed by atoms with Gasteiger partial charge in [0.25, 0.3) is 0 Å². The lowest BCUT2D eigenvalue weighted by Crippen LogP contribution is -2.21. The molecule has 0 spiro atoms. The lowest BCUT2D eigenvalue weighted by Gasteiger charge is -2.32. The van der Waals surface area contributed by atoms with Crippen LogP contribution in [0.3, 0.4) is 0 Å². The Labute approximate surface area is 115 Å². The molecule has 2 unspecified atom stereocenters. The van der Waals surface area contributed by atoms with E-state index in [1.54, 1.807) is 0 Å². The summed E-state index contributed by atoms with van der Waals surface area (Å²) in [5.74, 6) is 3.14. The Bertz CT molecular complexity index is 234. The van der Waals surface area contributed by atoms with Gasteiger partial charge < -0.3 is 0 Å². The smallest absolute Gasteiger partial charge is 0.0271 e. The van der Waals surface area contributed by atoms with Gasteiger partial charge in [-0.15, -0.1) is 0 Å². The molecule has 18 heavy (non-hydrogen) atoms. The van der Waals surface area contributed by atoms with Crippen LogP contribution in [0.15, 0.2) is 0 Å². The Kier molecular flexibility index (Phi) is 5.15. The fraction of sp³-hybridized carbons (Fsp3) is 1.00. The second-order valence-corrected chi connectivity index (χ2v) is 7.43. The van der Waals surface area contributed by atoms with E-state index in [-0.39, 0.29) is 0 Å². The minimum Gasteiger partial charge on any atom is -0.0654 e. The van der Waals surface area contributed by atoms with Crippen molar-refractivity contribution in [2.75, 3.05) is 0 Å². The van der Waals surface area contributed by atoms with Crippen molar-refractivity contribution in [1.82, 2.24) is 0 Å². The molecular weight excluding hydrogens is 216 g/mol. The zero-order valence-corrected chi connectivity index (χ0v) is 13.0. The maximum absolute atomic E-state index is 2.53. The maximum Gasteiger partial charge on any atom is -0.0271 e. The highest BCUT2D eigenvalue weighted by atomic mass is 14.5. The van der Waals surface area contributed by atoms with Gasteiger partial charge in [0.2, 0.25) is 0 Å². The summed E-state index contributed by atoms with van der Waals surface area (Å²) < 4.78 is 0. The molecule has 2 fully saturated rings. The Morgan fingerprint density at radius 3 is 2.33 bits per heavy atom. The molecule has 0 saturated heterocycles. The van der Waals surface area contributed by atoms with Gasteiger partial charge in [0, 0.05) is 0 Å². The SMILES string of the molecule is CCCCC(CC(C)CC1CCC1)C1(CC)CC1. The van der Waals surface area contributed by atoms with Crippen molar-refractivity contribution < 1.29 is 0 Å². The Morgan fingerprint density at radius 2 is 1.89 bits per heavy atom. The molecule has 0 amide bonds. The van der Waals surface area contributed by atoms with Crippen LogP contribution in [0.4, 0.5) is 0 Å². The first-order valence-corrected chi connectivity index (χ1v) is 8.70. The van der Waals surface area contributed by atoms with Crippen LogP contribution in [0.5, 0.6) is 0 Å². The first-order chi connectivity index (χ1) is 8.70. The van der Waals surface area contributed by atoms with Crippen molar-refractivity contribution in [3.8, 4) is 0 Å². The summed E-state index contributed by atoms with van der Waals surface area (Å²) in [6, 6.07) is 0. The van der Waals surface area contributed by atoms with Crippen LogP contribution in [0.2, 0.25) is 0 Å². The van der Waals surface area contributed by atoms with Gasteiger partial charge in [-0.05, 0) is 55.3 Å². The first kappa shape index (κ1) is 14.4. The number of hydrogen-bond acceptors (Lipinski definition) is 0. The molecule has 0 nitrogen and oxygen atoms in total. The third kappa shape index (κ3) is 3.52. The quantitative estimate of drug-likeness (QED) is 0.457. The van der Waals surface area contributed by atoms with Gasteiger partial charge in [-0.25, -0.2) is 0 Å². The minimum absolute atomic E-state index is 0.795. The van der Waals surface area contributed by atoms with E-state index >= 15 is 0 Å². The molecule has 2 aliphatic carbocycles. The second kappa shape index (κ2) is 6.44. The van der Waals surface area contributed by atoms with Crippen LogP contribution in [0.25, 0.3) is 0 Å². The molecule has 0 N–H and O–H groups in total. The summed E-state index contributed by atoms with van der Waals surface area (Å²) in [4.78, 5) is 0. The van der Waals surface area contributed by atoms with E-state index in [0.29, 0.717) is 0 Å². The van der Waals surface area contributed by atoms with Gasteiger partial charge in [0.1, 0.15) is 0 Å². The highest BCUT2D eigenvalue weighted by Gasteiger charge is 2.47. The van der Waals surface area contributed by atoms with Crippen LogP contribution in [-0.2, 0) is 0 Å². The molecule has 0 radical (unpaired) electrons. The lowest BCUT2D eigenvalue weighted by molar-refractivity contribution is 0.187. The van der Waals surface area contributed by atoms with Crippen LogP contribution >= 0.6 is 0 Å². The van der Waals surface area contributed by atoms with Gasteiger partial charge >= 0.3 is 0 Å². The van der Waals surface area contributed by atoms with Gasteiger partial charge in [-0.2, -0.15) is 0 Å².